The average Bonchev–Trinajstić information content (AvgIpc) is 3.01. The fourth-order valence-corrected chi connectivity index (χ4v) is 3.60. The lowest BCUT2D eigenvalue weighted by Crippen LogP contribution is -2.35. The van der Waals surface area contributed by atoms with E-state index in [0.717, 1.165) is 6.07 Å². The van der Waals surface area contributed by atoms with Gasteiger partial charge < -0.3 is 19.6 Å². The highest BCUT2D eigenvalue weighted by atomic mass is 16.6. The minimum atomic E-state index is -0.972. The van der Waals surface area contributed by atoms with Gasteiger partial charge in [-0.3, -0.25) is 24.5 Å². The quantitative estimate of drug-likeness (QED) is 0.129. The third kappa shape index (κ3) is 5.07. The number of nitro benzene ring substituents is 1. The van der Waals surface area contributed by atoms with Crippen LogP contribution >= 0.6 is 0 Å². The first kappa shape index (κ1) is 23.6. The van der Waals surface area contributed by atoms with Crippen molar-refractivity contribution in [1.82, 2.24) is 9.80 Å². The zero-order chi connectivity index (χ0) is 24.3. The van der Waals surface area contributed by atoms with E-state index in [0.29, 0.717) is 12.1 Å². The monoisotopic (exact) mass is 453 g/mol. The zero-order valence-electron chi connectivity index (χ0n) is 18.3. The number of amides is 1. The number of nitro groups is 1. The summed E-state index contributed by atoms with van der Waals surface area (Å²) >= 11 is 0. The molecule has 1 fully saturated rings. The van der Waals surface area contributed by atoms with E-state index < -0.39 is 34.4 Å². The Balaban J connectivity index is 2.18. The molecular weight excluding hydrogens is 430 g/mol. The molecule has 0 spiro atoms. The summed E-state index contributed by atoms with van der Waals surface area (Å²) in [6, 6.07) is 10.5. The molecule has 1 unspecified atom stereocenters. The molecule has 2 aromatic rings. The van der Waals surface area contributed by atoms with Gasteiger partial charge in [-0.15, -0.1) is 0 Å². The van der Waals surface area contributed by atoms with Crippen LogP contribution in [-0.2, 0) is 14.4 Å². The molecule has 3 rings (SSSR count). The number of nitrogens with zero attached hydrogens (tertiary/aromatic N) is 3. The Morgan fingerprint density at radius 1 is 1.18 bits per heavy atom. The smallest absolute Gasteiger partial charge is 0.308 e. The van der Waals surface area contributed by atoms with E-state index in [1.807, 2.05) is 19.0 Å². The first-order valence-corrected chi connectivity index (χ1v) is 10.1. The molecule has 0 bridgehead atoms. The number of Topliss-reactive ketones (excluding diaryl/α,β-unsaturated/α-hetero) is 1. The van der Waals surface area contributed by atoms with Gasteiger partial charge in [0, 0.05) is 37.7 Å². The van der Waals surface area contributed by atoms with E-state index in [1.54, 1.807) is 18.2 Å². The Morgan fingerprint density at radius 3 is 2.52 bits per heavy atom. The van der Waals surface area contributed by atoms with Crippen LogP contribution in [0.15, 0.2) is 54.1 Å². The molecule has 1 N–H and O–H groups in total. The van der Waals surface area contributed by atoms with E-state index in [9.17, 15) is 29.6 Å². The molecule has 1 heterocycles. The van der Waals surface area contributed by atoms with Crippen LogP contribution in [0.5, 0.6) is 5.75 Å². The van der Waals surface area contributed by atoms with Gasteiger partial charge >= 0.3 is 5.97 Å². The topological polar surface area (TPSA) is 130 Å². The van der Waals surface area contributed by atoms with E-state index in [4.69, 9.17) is 4.74 Å². The van der Waals surface area contributed by atoms with Crippen molar-refractivity contribution in [2.75, 3.05) is 27.2 Å². The van der Waals surface area contributed by atoms with E-state index in [2.05, 4.69) is 0 Å². The number of non-ortho nitro benzene ring substituents is 1. The standard InChI is InChI=1S/C23H23N3O7/c1-14(27)33-18-9-5-6-15(13-18)20-19(22(29)23(30)25(20)11-10-24(2)3)21(28)16-7-4-8-17(12-16)26(31)32/h4-9,12-13,20,28H,10-11H2,1-3H3/b21-19-. The number of carbonyl (C=O) groups excluding carboxylic acids is 3. The molecule has 0 radical (unpaired) electrons. The van der Waals surface area contributed by atoms with Crippen LogP contribution in [-0.4, -0.2) is 64.7 Å². The second-order valence-electron chi connectivity index (χ2n) is 7.77. The molecule has 1 saturated heterocycles. The maximum Gasteiger partial charge on any atom is 0.308 e. The number of hydrogen-bond acceptors (Lipinski definition) is 8. The number of aliphatic hydroxyl groups excluding tert-OH is 1. The van der Waals surface area contributed by atoms with Crippen LogP contribution in [0.2, 0.25) is 0 Å². The van der Waals surface area contributed by atoms with Gasteiger partial charge in [0.1, 0.15) is 11.5 Å². The summed E-state index contributed by atoms with van der Waals surface area (Å²) in [6.07, 6.45) is 0. The highest BCUT2D eigenvalue weighted by molar-refractivity contribution is 6.46. The lowest BCUT2D eigenvalue weighted by molar-refractivity contribution is -0.384. The molecule has 10 heteroatoms. The third-order valence-electron chi connectivity index (χ3n) is 5.09. The van der Waals surface area contributed by atoms with Gasteiger partial charge in [-0.05, 0) is 31.8 Å². The Hall–Kier alpha value is -4.05. The minimum absolute atomic E-state index is 0.0379. The molecule has 2 aromatic carbocycles. The summed E-state index contributed by atoms with van der Waals surface area (Å²) < 4.78 is 5.13. The molecule has 172 valence electrons. The molecule has 10 nitrogen and oxygen atoms in total. The number of likely N-dealkylation sites (N-methyl/N-ethyl adjacent to an activating group) is 1. The van der Waals surface area contributed by atoms with Crippen molar-refractivity contribution < 1.29 is 29.2 Å². The lowest BCUT2D eigenvalue weighted by atomic mass is 9.95. The molecule has 33 heavy (non-hydrogen) atoms. The number of aliphatic hydroxyl groups is 1. The van der Waals surface area contributed by atoms with Crippen molar-refractivity contribution in [3.05, 3.63) is 75.3 Å². The molecule has 1 amide bonds. The van der Waals surface area contributed by atoms with Crippen molar-refractivity contribution >= 4 is 29.1 Å². The van der Waals surface area contributed by atoms with Gasteiger partial charge in [0.2, 0.25) is 0 Å². The van der Waals surface area contributed by atoms with Crippen LogP contribution in [0.4, 0.5) is 5.69 Å². The van der Waals surface area contributed by atoms with Crippen molar-refractivity contribution in [1.29, 1.82) is 0 Å². The van der Waals surface area contributed by atoms with Crippen LogP contribution in [0.1, 0.15) is 24.1 Å². The normalized spacial score (nSPS) is 17.5. The Kier molecular flexibility index (Phi) is 6.88. The number of ether oxygens (including phenoxy) is 1. The first-order valence-electron chi connectivity index (χ1n) is 10.1. The summed E-state index contributed by atoms with van der Waals surface area (Å²) in [5, 5.41) is 22.2. The van der Waals surface area contributed by atoms with E-state index in [1.165, 1.54) is 36.1 Å². The molecule has 0 aromatic heterocycles. The van der Waals surface area contributed by atoms with E-state index >= 15 is 0 Å². The predicted molar refractivity (Wildman–Crippen MR) is 118 cm³/mol. The minimum Gasteiger partial charge on any atom is -0.507 e. The van der Waals surface area contributed by atoms with Crippen LogP contribution in [0, 0.1) is 10.1 Å². The molecule has 0 saturated carbocycles. The maximum absolute atomic E-state index is 13.0. The van der Waals surface area contributed by atoms with Gasteiger partial charge in [-0.2, -0.15) is 0 Å². The SMILES string of the molecule is CC(=O)Oc1cccc(C2/C(=C(/O)c3cccc([N+](=O)[O-])c3)C(=O)C(=O)N2CCN(C)C)c1. The van der Waals surface area contributed by atoms with Crippen molar-refractivity contribution in [3.8, 4) is 5.75 Å². The van der Waals surface area contributed by atoms with Crippen LogP contribution < -0.4 is 4.74 Å². The van der Waals surface area contributed by atoms with Gasteiger partial charge in [0.05, 0.1) is 16.5 Å². The summed E-state index contributed by atoms with van der Waals surface area (Å²) in [7, 11) is 3.63. The predicted octanol–water partition coefficient (Wildman–Crippen LogP) is 2.50. The van der Waals surface area contributed by atoms with Gasteiger partial charge in [0.25, 0.3) is 17.4 Å². The highest BCUT2D eigenvalue weighted by Gasteiger charge is 2.46. The van der Waals surface area contributed by atoms with Crippen LogP contribution in [0.25, 0.3) is 5.76 Å². The summed E-state index contributed by atoms with van der Waals surface area (Å²) in [5.74, 6) is -2.54. The Morgan fingerprint density at radius 2 is 1.88 bits per heavy atom. The molecule has 0 aliphatic carbocycles. The summed E-state index contributed by atoms with van der Waals surface area (Å²) in [6.45, 7) is 1.88. The number of likely N-dealkylation sites (tertiary alicyclic amines) is 1. The molecule has 1 atom stereocenters. The molecule has 1 aliphatic heterocycles. The highest BCUT2D eigenvalue weighted by Crippen LogP contribution is 2.40. The Bertz CT molecular complexity index is 1160. The van der Waals surface area contributed by atoms with Gasteiger partial charge in [0.15, 0.2) is 0 Å². The zero-order valence-corrected chi connectivity index (χ0v) is 18.3. The maximum atomic E-state index is 13.0. The van der Waals surface area contributed by atoms with Crippen molar-refractivity contribution in [2.45, 2.75) is 13.0 Å². The molecule has 1 aliphatic rings. The van der Waals surface area contributed by atoms with Gasteiger partial charge in [-0.1, -0.05) is 24.3 Å². The fraction of sp³-hybridized carbons (Fsp3) is 0.261. The number of rotatable bonds is 7. The number of benzene rings is 2. The summed E-state index contributed by atoms with van der Waals surface area (Å²) in [5.41, 5.74) is 0.0168. The van der Waals surface area contributed by atoms with E-state index in [-0.39, 0.29) is 29.1 Å². The largest absolute Gasteiger partial charge is 0.507 e. The number of hydrogen-bond donors (Lipinski definition) is 1. The second-order valence-corrected chi connectivity index (χ2v) is 7.77. The Labute approximate surface area is 189 Å². The second kappa shape index (κ2) is 9.61. The van der Waals surface area contributed by atoms with Crippen LogP contribution in [0.3, 0.4) is 0 Å². The number of ketones is 1. The number of esters is 1. The molecular formula is C23H23N3O7. The number of carbonyl (C=O) groups is 3. The summed E-state index contributed by atoms with van der Waals surface area (Å²) in [4.78, 5) is 51.0. The average molecular weight is 453 g/mol. The van der Waals surface area contributed by atoms with Crippen molar-refractivity contribution in [2.24, 2.45) is 0 Å². The first-order chi connectivity index (χ1) is 15.6. The van der Waals surface area contributed by atoms with Gasteiger partial charge in [-0.25, -0.2) is 0 Å². The van der Waals surface area contributed by atoms with Crippen molar-refractivity contribution in [3.63, 3.8) is 0 Å². The fourth-order valence-electron chi connectivity index (χ4n) is 3.60. The third-order valence-corrected chi connectivity index (χ3v) is 5.09. The lowest BCUT2D eigenvalue weighted by Gasteiger charge is -2.26.